The quantitative estimate of drug-likeness (QED) is 0.367. The van der Waals surface area contributed by atoms with Gasteiger partial charge in [0.2, 0.25) is 6.79 Å². The van der Waals surface area contributed by atoms with Crippen molar-refractivity contribution in [2.75, 3.05) is 6.79 Å². The standard InChI is InChI=1S/C21H20N2O9/c1-12-2-4-18(20(6-12)31-16-3-5-17-19(10-16)30-11-29-17)32-21(24)13-7-14(22(25)26)9-15(8-13)23(27)28/h3,5,7-10,12,18,20H,2,4,6,11H2,1H3/t12-,18+,20+/m0/s1. The zero-order chi connectivity index (χ0) is 22.8. The number of esters is 1. The molecule has 2 aliphatic rings. The fourth-order valence-corrected chi connectivity index (χ4v) is 3.81. The summed E-state index contributed by atoms with van der Waals surface area (Å²) in [5.41, 5.74) is -1.38. The smallest absolute Gasteiger partial charge is 0.339 e. The second-order valence-corrected chi connectivity index (χ2v) is 7.79. The van der Waals surface area contributed by atoms with Gasteiger partial charge in [-0.2, -0.15) is 0 Å². The minimum absolute atomic E-state index is 0.134. The first-order chi connectivity index (χ1) is 15.3. The molecular formula is C21H20N2O9. The molecule has 168 valence electrons. The summed E-state index contributed by atoms with van der Waals surface area (Å²) in [5.74, 6) is 1.16. The number of hydrogen-bond donors (Lipinski definition) is 0. The Morgan fingerprint density at radius 1 is 0.969 bits per heavy atom. The summed E-state index contributed by atoms with van der Waals surface area (Å²) in [6.45, 7) is 2.20. The van der Waals surface area contributed by atoms with E-state index in [9.17, 15) is 25.0 Å². The first-order valence-electron chi connectivity index (χ1n) is 10.0. The van der Waals surface area contributed by atoms with Gasteiger partial charge in [-0.3, -0.25) is 20.2 Å². The average molecular weight is 444 g/mol. The molecule has 0 spiro atoms. The molecule has 0 amide bonds. The molecule has 0 unspecified atom stereocenters. The van der Waals surface area contributed by atoms with Gasteiger partial charge < -0.3 is 18.9 Å². The third kappa shape index (κ3) is 4.56. The maximum Gasteiger partial charge on any atom is 0.339 e. The molecule has 1 fully saturated rings. The summed E-state index contributed by atoms with van der Waals surface area (Å²) >= 11 is 0. The van der Waals surface area contributed by atoms with Crippen LogP contribution in [0.3, 0.4) is 0 Å². The molecular weight excluding hydrogens is 424 g/mol. The average Bonchev–Trinajstić information content (AvgIpc) is 3.23. The van der Waals surface area contributed by atoms with E-state index >= 15 is 0 Å². The van der Waals surface area contributed by atoms with Crippen molar-refractivity contribution >= 4 is 17.3 Å². The normalized spacial score (nSPS) is 21.6. The number of nitro groups is 2. The minimum atomic E-state index is -0.879. The molecule has 0 radical (unpaired) electrons. The van der Waals surface area contributed by atoms with Gasteiger partial charge in [0.1, 0.15) is 18.0 Å². The van der Waals surface area contributed by atoms with Crippen LogP contribution >= 0.6 is 0 Å². The lowest BCUT2D eigenvalue weighted by Gasteiger charge is -2.34. The topological polar surface area (TPSA) is 140 Å². The van der Waals surface area contributed by atoms with Crippen LogP contribution in [0, 0.1) is 26.1 Å². The molecule has 11 heteroatoms. The molecule has 0 aromatic heterocycles. The van der Waals surface area contributed by atoms with Gasteiger partial charge in [-0.05, 0) is 37.3 Å². The lowest BCUT2D eigenvalue weighted by molar-refractivity contribution is -0.394. The monoisotopic (exact) mass is 444 g/mol. The van der Waals surface area contributed by atoms with E-state index in [1.54, 1.807) is 18.2 Å². The zero-order valence-electron chi connectivity index (χ0n) is 17.1. The highest BCUT2D eigenvalue weighted by Crippen LogP contribution is 2.37. The van der Waals surface area contributed by atoms with Gasteiger partial charge in [0.15, 0.2) is 11.5 Å². The molecule has 11 nitrogen and oxygen atoms in total. The number of nitrogens with zero attached hydrogens (tertiary/aromatic N) is 2. The molecule has 3 atom stereocenters. The van der Waals surface area contributed by atoms with E-state index in [4.69, 9.17) is 18.9 Å². The second kappa shape index (κ2) is 8.69. The predicted octanol–water partition coefficient (Wildman–Crippen LogP) is 4.02. The summed E-state index contributed by atoms with van der Waals surface area (Å²) < 4.78 is 22.4. The van der Waals surface area contributed by atoms with E-state index in [0.29, 0.717) is 36.0 Å². The van der Waals surface area contributed by atoms with Crippen molar-refractivity contribution in [2.24, 2.45) is 5.92 Å². The van der Waals surface area contributed by atoms with Gasteiger partial charge in [-0.25, -0.2) is 4.79 Å². The molecule has 1 aliphatic heterocycles. The molecule has 1 aliphatic carbocycles. The van der Waals surface area contributed by atoms with Crippen LogP contribution in [0.5, 0.6) is 17.2 Å². The Bertz CT molecular complexity index is 1040. The van der Waals surface area contributed by atoms with Crippen LogP contribution in [0.2, 0.25) is 0 Å². The van der Waals surface area contributed by atoms with Crippen LogP contribution in [0.1, 0.15) is 36.5 Å². The van der Waals surface area contributed by atoms with Gasteiger partial charge in [-0.15, -0.1) is 0 Å². The van der Waals surface area contributed by atoms with E-state index in [2.05, 4.69) is 6.92 Å². The highest BCUT2D eigenvalue weighted by Gasteiger charge is 2.34. The van der Waals surface area contributed by atoms with E-state index in [1.807, 2.05) is 0 Å². The molecule has 0 saturated heterocycles. The molecule has 1 heterocycles. The second-order valence-electron chi connectivity index (χ2n) is 7.79. The third-order valence-electron chi connectivity index (χ3n) is 5.44. The molecule has 0 bridgehead atoms. The molecule has 0 N–H and O–H groups in total. The van der Waals surface area contributed by atoms with Crippen LogP contribution in [0.4, 0.5) is 11.4 Å². The van der Waals surface area contributed by atoms with Gasteiger partial charge in [0.25, 0.3) is 11.4 Å². The van der Waals surface area contributed by atoms with Crippen molar-refractivity contribution in [3.05, 3.63) is 62.2 Å². The number of carbonyl (C=O) groups excluding carboxylic acids is 1. The number of fused-ring (bicyclic) bond motifs is 1. The highest BCUT2D eigenvalue weighted by atomic mass is 16.7. The maximum absolute atomic E-state index is 12.7. The number of non-ortho nitro benzene ring substituents is 2. The highest BCUT2D eigenvalue weighted by molar-refractivity contribution is 5.91. The summed E-state index contributed by atoms with van der Waals surface area (Å²) in [7, 11) is 0. The first kappa shape index (κ1) is 21.3. The van der Waals surface area contributed by atoms with Gasteiger partial charge in [0.05, 0.1) is 21.5 Å². The Labute approximate surface area is 182 Å². The lowest BCUT2D eigenvalue weighted by atomic mass is 9.86. The molecule has 2 aromatic rings. The third-order valence-corrected chi connectivity index (χ3v) is 5.44. The predicted molar refractivity (Wildman–Crippen MR) is 109 cm³/mol. The molecule has 2 aromatic carbocycles. The van der Waals surface area contributed by atoms with E-state index < -0.39 is 39.4 Å². The number of rotatable bonds is 6. The summed E-state index contributed by atoms with van der Waals surface area (Å²) in [6, 6.07) is 7.89. The van der Waals surface area contributed by atoms with Crippen molar-refractivity contribution in [3.8, 4) is 17.2 Å². The fourth-order valence-electron chi connectivity index (χ4n) is 3.81. The molecule has 1 saturated carbocycles. The van der Waals surface area contributed by atoms with E-state index in [1.165, 1.54) is 0 Å². The van der Waals surface area contributed by atoms with Crippen LogP contribution in [-0.2, 0) is 4.74 Å². The van der Waals surface area contributed by atoms with Crippen molar-refractivity contribution in [1.29, 1.82) is 0 Å². The Kier molecular flexibility index (Phi) is 5.80. The SMILES string of the molecule is C[C@H]1CC[C@@H](OC(=O)c2cc([N+](=O)[O-])cc([N+](=O)[O-])c2)[C@H](Oc2ccc3c(c2)OCO3)C1. The van der Waals surface area contributed by atoms with Crippen molar-refractivity contribution < 1.29 is 33.6 Å². The van der Waals surface area contributed by atoms with E-state index in [0.717, 1.165) is 24.6 Å². The van der Waals surface area contributed by atoms with Gasteiger partial charge in [0, 0.05) is 18.2 Å². The number of ether oxygens (including phenoxy) is 4. The van der Waals surface area contributed by atoms with Crippen LogP contribution < -0.4 is 14.2 Å². The zero-order valence-corrected chi connectivity index (χ0v) is 17.1. The van der Waals surface area contributed by atoms with Crippen LogP contribution in [0.25, 0.3) is 0 Å². The van der Waals surface area contributed by atoms with E-state index in [-0.39, 0.29) is 12.4 Å². The van der Waals surface area contributed by atoms with Crippen molar-refractivity contribution in [3.63, 3.8) is 0 Å². The number of benzene rings is 2. The molecule has 32 heavy (non-hydrogen) atoms. The van der Waals surface area contributed by atoms with Crippen molar-refractivity contribution in [2.45, 2.75) is 38.4 Å². The number of hydrogen-bond acceptors (Lipinski definition) is 9. The maximum atomic E-state index is 12.7. The van der Waals surface area contributed by atoms with Gasteiger partial charge >= 0.3 is 5.97 Å². The van der Waals surface area contributed by atoms with Crippen molar-refractivity contribution in [1.82, 2.24) is 0 Å². The number of nitro benzene ring substituents is 2. The lowest BCUT2D eigenvalue weighted by Crippen LogP contribution is -2.40. The molecule has 4 rings (SSSR count). The largest absolute Gasteiger partial charge is 0.486 e. The van der Waals surface area contributed by atoms with Crippen LogP contribution in [-0.4, -0.2) is 34.8 Å². The fraction of sp³-hybridized carbons (Fsp3) is 0.381. The summed E-state index contributed by atoms with van der Waals surface area (Å²) in [6.07, 6.45) is 0.869. The Balaban J connectivity index is 1.53. The summed E-state index contributed by atoms with van der Waals surface area (Å²) in [5, 5.41) is 22.2. The Morgan fingerprint density at radius 2 is 1.66 bits per heavy atom. The van der Waals surface area contributed by atoms with Gasteiger partial charge in [-0.1, -0.05) is 6.92 Å². The Morgan fingerprint density at radius 3 is 2.34 bits per heavy atom. The minimum Gasteiger partial charge on any atom is -0.486 e. The Hall–Kier alpha value is -3.89. The number of carbonyl (C=O) groups is 1. The summed E-state index contributed by atoms with van der Waals surface area (Å²) in [4.78, 5) is 33.4. The van der Waals surface area contributed by atoms with Crippen LogP contribution in [0.15, 0.2) is 36.4 Å². The first-order valence-corrected chi connectivity index (χ1v) is 10.0.